The monoisotopic (exact) mass is 235 g/mol. The second-order valence-electron chi connectivity index (χ2n) is 3.41. The number of nitrogen functional groups attached to an aromatic ring is 1. The molecule has 1 aliphatic heterocycles. The van der Waals surface area contributed by atoms with Crippen LogP contribution in [0, 0.1) is 23.0 Å². The minimum absolute atomic E-state index is 0.0910. The molecule has 1 unspecified atom stereocenters. The van der Waals surface area contributed by atoms with Crippen molar-refractivity contribution < 1.29 is 4.79 Å². The van der Waals surface area contributed by atoms with E-state index in [2.05, 4.69) is 20.9 Å². The van der Waals surface area contributed by atoms with Crippen LogP contribution < -0.4 is 10.6 Å². The molecule has 2 heterocycles. The van der Waals surface area contributed by atoms with E-state index < -0.39 is 0 Å². The first-order chi connectivity index (χ1) is 7.60. The van der Waals surface area contributed by atoms with Gasteiger partial charge in [-0.25, -0.2) is 0 Å². The lowest BCUT2D eigenvalue weighted by Crippen LogP contribution is -2.27. The lowest BCUT2D eigenvalue weighted by molar-refractivity contribution is -0.117. The first-order valence-corrected chi connectivity index (χ1v) is 5.01. The molecule has 0 aromatic carbocycles. The number of aromatic nitrogens is 3. The van der Waals surface area contributed by atoms with E-state index in [-0.39, 0.29) is 22.5 Å². The molecular formula is C9H9N5OS. The van der Waals surface area contributed by atoms with E-state index in [0.29, 0.717) is 18.9 Å². The van der Waals surface area contributed by atoms with Gasteiger partial charge in [-0.3, -0.25) is 14.7 Å². The first kappa shape index (κ1) is 10.6. The lowest BCUT2D eigenvalue weighted by Gasteiger charge is -2.13. The number of H-pyrrole nitrogens is 1. The van der Waals surface area contributed by atoms with Crippen molar-refractivity contribution in [2.45, 2.75) is 6.42 Å². The van der Waals surface area contributed by atoms with Crippen molar-refractivity contribution in [3.05, 3.63) is 4.77 Å². The number of rotatable bonds is 1. The first-order valence-electron chi connectivity index (χ1n) is 4.60. The van der Waals surface area contributed by atoms with Crippen molar-refractivity contribution in [2.75, 3.05) is 17.2 Å². The van der Waals surface area contributed by atoms with Crippen LogP contribution in [-0.4, -0.2) is 27.4 Å². The zero-order valence-electron chi connectivity index (χ0n) is 8.30. The third kappa shape index (κ3) is 1.87. The van der Waals surface area contributed by atoms with Crippen LogP contribution in [0.1, 0.15) is 6.42 Å². The van der Waals surface area contributed by atoms with Gasteiger partial charge >= 0.3 is 0 Å². The quantitative estimate of drug-likeness (QED) is 0.532. The Hall–Kier alpha value is -1.94. The normalized spacial score (nSPS) is 19.8. The minimum Gasteiger partial charge on any atom is -0.369 e. The van der Waals surface area contributed by atoms with Crippen LogP contribution in [0.5, 0.6) is 0 Å². The molecule has 0 aliphatic carbocycles. The van der Waals surface area contributed by atoms with Crippen LogP contribution in [0.4, 0.5) is 11.9 Å². The van der Waals surface area contributed by atoms with Gasteiger partial charge in [0.2, 0.25) is 22.6 Å². The highest BCUT2D eigenvalue weighted by atomic mass is 32.1. The number of nitrogens with two attached hydrogens (primary N) is 1. The zero-order valence-corrected chi connectivity index (χ0v) is 9.12. The number of nitrogens with one attached hydrogen (secondary N) is 1. The van der Waals surface area contributed by atoms with Gasteiger partial charge in [-0.1, -0.05) is 0 Å². The van der Waals surface area contributed by atoms with Crippen molar-refractivity contribution in [2.24, 2.45) is 5.92 Å². The fourth-order valence-corrected chi connectivity index (χ4v) is 1.73. The maximum atomic E-state index is 11.6. The highest BCUT2D eigenvalue weighted by molar-refractivity contribution is 7.71. The Balaban J connectivity index is 2.35. The molecule has 0 bridgehead atoms. The molecule has 1 fully saturated rings. The van der Waals surface area contributed by atoms with Crippen molar-refractivity contribution in [1.29, 1.82) is 0 Å². The van der Waals surface area contributed by atoms with Crippen molar-refractivity contribution in [3.8, 4) is 12.3 Å². The Morgan fingerprint density at radius 1 is 1.62 bits per heavy atom. The molecule has 3 N–H and O–H groups in total. The van der Waals surface area contributed by atoms with Crippen LogP contribution >= 0.6 is 12.2 Å². The summed E-state index contributed by atoms with van der Waals surface area (Å²) in [5, 5.41) is 0. The van der Waals surface area contributed by atoms with Gasteiger partial charge in [-0.15, -0.1) is 12.3 Å². The average Bonchev–Trinajstić information content (AvgIpc) is 2.58. The second-order valence-corrected chi connectivity index (χ2v) is 3.78. The largest absolute Gasteiger partial charge is 0.369 e. The molecule has 1 saturated heterocycles. The van der Waals surface area contributed by atoms with Crippen LogP contribution in [0.15, 0.2) is 0 Å². The summed E-state index contributed by atoms with van der Waals surface area (Å²) in [6, 6.07) is 0. The van der Waals surface area contributed by atoms with Gasteiger partial charge < -0.3 is 5.73 Å². The molecule has 82 valence electrons. The predicted octanol–water partition coefficient (Wildman–Crippen LogP) is 0.102. The summed E-state index contributed by atoms with van der Waals surface area (Å²) in [6.07, 6.45) is 5.60. The molecule has 16 heavy (non-hydrogen) atoms. The minimum atomic E-state index is -0.0920. The van der Waals surface area contributed by atoms with E-state index >= 15 is 0 Å². The summed E-state index contributed by atoms with van der Waals surface area (Å²) in [4.78, 5) is 23.4. The summed E-state index contributed by atoms with van der Waals surface area (Å²) in [7, 11) is 0. The molecular weight excluding hydrogens is 226 g/mol. The van der Waals surface area contributed by atoms with Crippen molar-refractivity contribution >= 4 is 30.0 Å². The Bertz CT molecular complexity index is 531. The van der Waals surface area contributed by atoms with E-state index in [1.165, 1.54) is 4.90 Å². The highest BCUT2D eigenvalue weighted by Gasteiger charge is 2.30. The summed E-state index contributed by atoms with van der Waals surface area (Å²) in [6.45, 7) is 0.428. The second kappa shape index (κ2) is 3.90. The van der Waals surface area contributed by atoms with Gasteiger partial charge in [0, 0.05) is 18.9 Å². The van der Waals surface area contributed by atoms with Gasteiger partial charge in [0.25, 0.3) is 0 Å². The highest BCUT2D eigenvalue weighted by Crippen LogP contribution is 2.21. The Morgan fingerprint density at radius 2 is 2.38 bits per heavy atom. The summed E-state index contributed by atoms with van der Waals surface area (Å²) < 4.78 is 0.100. The standard InChI is InChI=1S/C9H9N5OS/c1-2-5-3-6(15)14(4-5)8-11-7(10)12-9(16)13-8/h1,5H,3-4H2,(H3,10,11,12,13,16). The SMILES string of the molecule is C#CC1CC(=O)N(c2nc(=S)nc(N)[nH]2)C1. The molecule has 7 heteroatoms. The van der Waals surface area contributed by atoms with E-state index in [1.54, 1.807) is 0 Å². The number of carbonyl (C=O) groups excluding carboxylic acids is 1. The fraction of sp³-hybridized carbons (Fsp3) is 0.333. The number of hydrogen-bond donors (Lipinski definition) is 2. The smallest absolute Gasteiger partial charge is 0.230 e. The molecule has 0 spiro atoms. The lowest BCUT2D eigenvalue weighted by atomic mass is 10.1. The molecule has 0 radical (unpaired) electrons. The van der Waals surface area contributed by atoms with Crippen molar-refractivity contribution in [1.82, 2.24) is 15.0 Å². The van der Waals surface area contributed by atoms with Crippen LogP contribution in [0.2, 0.25) is 0 Å². The Morgan fingerprint density at radius 3 is 2.94 bits per heavy atom. The van der Waals surface area contributed by atoms with Crippen molar-refractivity contribution in [3.63, 3.8) is 0 Å². The van der Waals surface area contributed by atoms with Gasteiger partial charge in [0.1, 0.15) is 0 Å². The number of carbonyl (C=O) groups is 1. The molecule has 1 aromatic rings. The number of anilines is 2. The molecule has 1 amide bonds. The van der Waals surface area contributed by atoms with E-state index in [4.69, 9.17) is 24.4 Å². The number of hydrogen-bond acceptors (Lipinski definition) is 5. The Kier molecular flexibility index (Phi) is 2.58. The number of nitrogens with zero attached hydrogens (tertiary/aromatic N) is 3. The molecule has 0 saturated carbocycles. The maximum absolute atomic E-state index is 11.6. The number of terminal acetylenes is 1. The molecule has 6 nitrogen and oxygen atoms in total. The van der Waals surface area contributed by atoms with Gasteiger partial charge in [0.15, 0.2) is 0 Å². The average molecular weight is 235 g/mol. The number of amides is 1. The van der Waals surface area contributed by atoms with Crippen LogP contribution in [0.25, 0.3) is 0 Å². The molecule has 1 aliphatic rings. The number of aromatic amines is 1. The predicted molar refractivity (Wildman–Crippen MR) is 60.9 cm³/mol. The summed E-state index contributed by atoms with van der Waals surface area (Å²) >= 11 is 4.82. The van der Waals surface area contributed by atoms with Gasteiger partial charge in [-0.05, 0) is 12.2 Å². The fourth-order valence-electron chi connectivity index (χ4n) is 1.54. The third-order valence-electron chi connectivity index (χ3n) is 2.27. The summed E-state index contributed by atoms with van der Waals surface area (Å²) in [5.41, 5.74) is 5.49. The van der Waals surface area contributed by atoms with E-state index in [9.17, 15) is 4.79 Å². The zero-order chi connectivity index (χ0) is 11.7. The van der Waals surface area contributed by atoms with Gasteiger partial charge in [0.05, 0.1) is 0 Å². The van der Waals surface area contributed by atoms with Gasteiger partial charge in [-0.2, -0.15) is 9.97 Å². The third-order valence-corrected chi connectivity index (χ3v) is 2.46. The van der Waals surface area contributed by atoms with E-state index in [0.717, 1.165) is 0 Å². The maximum Gasteiger partial charge on any atom is 0.230 e. The molecule has 1 aromatic heterocycles. The Labute approximate surface area is 96.9 Å². The van der Waals surface area contributed by atoms with Crippen LogP contribution in [-0.2, 0) is 4.79 Å². The van der Waals surface area contributed by atoms with Crippen LogP contribution in [0.3, 0.4) is 0 Å². The molecule has 2 rings (SSSR count). The topological polar surface area (TPSA) is 87.9 Å². The van der Waals surface area contributed by atoms with E-state index in [1.807, 2.05) is 0 Å². The molecule has 1 atom stereocenters. The summed E-state index contributed by atoms with van der Waals surface area (Å²) in [5.74, 6) is 2.80.